The molecule has 152 valence electrons. The molecule has 2 aromatic rings. The molecule has 0 saturated carbocycles. The highest BCUT2D eigenvalue weighted by Gasteiger charge is 2.27. The Morgan fingerprint density at radius 2 is 1.97 bits per heavy atom. The van der Waals surface area contributed by atoms with Gasteiger partial charge >= 0.3 is 11.8 Å². The summed E-state index contributed by atoms with van der Waals surface area (Å²) in [5, 5.41) is 9.51. The number of carbonyl (C=O) groups excluding carboxylic acids is 3. The van der Waals surface area contributed by atoms with E-state index in [9.17, 15) is 14.4 Å². The van der Waals surface area contributed by atoms with Crippen molar-refractivity contribution < 1.29 is 14.4 Å². The minimum Gasteiger partial charge on any atom is -0.346 e. The molecule has 3 heterocycles. The topological polar surface area (TPSA) is 81.8 Å². The van der Waals surface area contributed by atoms with E-state index in [0.29, 0.717) is 25.2 Å². The summed E-state index contributed by atoms with van der Waals surface area (Å²) in [4.78, 5) is 40.6. The third-order valence-electron chi connectivity index (χ3n) is 5.41. The molecule has 2 N–H and O–H groups in total. The van der Waals surface area contributed by atoms with Gasteiger partial charge in [-0.05, 0) is 53.4 Å². The molecule has 1 aromatic carbocycles. The van der Waals surface area contributed by atoms with Gasteiger partial charge in [0.1, 0.15) is 0 Å². The maximum atomic E-state index is 12.3. The van der Waals surface area contributed by atoms with Gasteiger partial charge in [0.15, 0.2) is 0 Å². The van der Waals surface area contributed by atoms with Gasteiger partial charge in [-0.25, -0.2) is 0 Å². The lowest BCUT2D eigenvalue weighted by Gasteiger charge is -2.38. The van der Waals surface area contributed by atoms with E-state index < -0.39 is 11.8 Å². The number of carbonyl (C=O) groups is 3. The van der Waals surface area contributed by atoms with Crippen molar-refractivity contribution in [3.8, 4) is 0 Å². The first kappa shape index (κ1) is 19.6. The number of benzene rings is 1. The summed E-state index contributed by atoms with van der Waals surface area (Å²) in [5.74, 6) is -1.28. The van der Waals surface area contributed by atoms with Crippen molar-refractivity contribution in [1.29, 1.82) is 0 Å². The minimum absolute atomic E-state index is 0.0803. The third-order valence-corrected chi connectivity index (χ3v) is 6.11. The third kappa shape index (κ3) is 4.49. The molecule has 0 spiro atoms. The monoisotopic (exact) mass is 412 g/mol. The number of amides is 3. The van der Waals surface area contributed by atoms with E-state index in [1.165, 1.54) is 5.56 Å². The highest BCUT2D eigenvalue weighted by molar-refractivity contribution is 7.08. The molecule has 0 bridgehead atoms. The number of nitrogens with zero attached hydrogens (tertiary/aromatic N) is 2. The van der Waals surface area contributed by atoms with Crippen molar-refractivity contribution in [3.63, 3.8) is 0 Å². The lowest BCUT2D eigenvalue weighted by molar-refractivity contribution is -0.136. The number of thiophene rings is 1. The van der Waals surface area contributed by atoms with Crippen LogP contribution in [0.4, 0.5) is 11.4 Å². The quantitative estimate of drug-likeness (QED) is 0.714. The summed E-state index contributed by atoms with van der Waals surface area (Å²) >= 11 is 1.63. The Balaban J connectivity index is 1.35. The van der Waals surface area contributed by atoms with Crippen LogP contribution in [0.15, 0.2) is 41.1 Å². The highest BCUT2D eigenvalue weighted by atomic mass is 32.1. The van der Waals surface area contributed by atoms with Gasteiger partial charge in [0.05, 0.1) is 6.04 Å². The average molecular weight is 413 g/mol. The number of nitrogens with one attached hydrogen (secondary N) is 2. The van der Waals surface area contributed by atoms with E-state index in [4.69, 9.17) is 0 Å². The first-order valence-electron chi connectivity index (χ1n) is 9.87. The molecule has 29 heavy (non-hydrogen) atoms. The fourth-order valence-corrected chi connectivity index (χ4v) is 4.41. The SMILES string of the molecule is O=C(NC[C@@H](c1ccsc1)N1CCC1)C(=O)Nc1cccc(N2CCCC2=O)c1. The van der Waals surface area contributed by atoms with Crippen LogP contribution in [-0.2, 0) is 14.4 Å². The number of anilines is 2. The molecule has 0 unspecified atom stereocenters. The number of hydrogen-bond acceptors (Lipinski definition) is 5. The van der Waals surface area contributed by atoms with Crippen LogP contribution in [0.25, 0.3) is 0 Å². The fourth-order valence-electron chi connectivity index (χ4n) is 3.70. The van der Waals surface area contributed by atoms with E-state index in [-0.39, 0.29) is 11.9 Å². The Bertz CT molecular complexity index is 895. The van der Waals surface area contributed by atoms with Gasteiger partial charge < -0.3 is 15.5 Å². The number of rotatable bonds is 6. The van der Waals surface area contributed by atoms with Crippen LogP contribution >= 0.6 is 11.3 Å². The Morgan fingerprint density at radius 3 is 2.62 bits per heavy atom. The average Bonchev–Trinajstić information content (AvgIpc) is 3.35. The second-order valence-electron chi connectivity index (χ2n) is 7.33. The van der Waals surface area contributed by atoms with Crippen LogP contribution in [0.2, 0.25) is 0 Å². The zero-order chi connectivity index (χ0) is 20.2. The van der Waals surface area contributed by atoms with Crippen LogP contribution < -0.4 is 15.5 Å². The Hall–Kier alpha value is -2.71. The first-order valence-corrected chi connectivity index (χ1v) is 10.8. The molecular formula is C21H24N4O3S. The lowest BCUT2D eigenvalue weighted by Crippen LogP contribution is -2.46. The van der Waals surface area contributed by atoms with Gasteiger partial charge in [0.2, 0.25) is 5.91 Å². The van der Waals surface area contributed by atoms with Crippen LogP contribution in [0.1, 0.15) is 30.9 Å². The van der Waals surface area contributed by atoms with Gasteiger partial charge in [0, 0.05) is 44.0 Å². The summed E-state index contributed by atoms with van der Waals surface area (Å²) in [6, 6.07) is 9.19. The van der Waals surface area contributed by atoms with Crippen molar-refractivity contribution in [2.24, 2.45) is 0 Å². The maximum Gasteiger partial charge on any atom is 0.313 e. The fraction of sp³-hybridized carbons (Fsp3) is 0.381. The van der Waals surface area contributed by atoms with E-state index in [1.54, 1.807) is 34.4 Å². The normalized spacial score (nSPS) is 17.7. The Kier molecular flexibility index (Phi) is 5.92. The molecule has 1 aromatic heterocycles. The van der Waals surface area contributed by atoms with Crippen molar-refractivity contribution in [2.45, 2.75) is 25.3 Å². The van der Waals surface area contributed by atoms with Crippen LogP contribution in [0.5, 0.6) is 0 Å². The second kappa shape index (κ2) is 8.75. The molecule has 7 nitrogen and oxygen atoms in total. The Morgan fingerprint density at radius 1 is 1.10 bits per heavy atom. The van der Waals surface area contributed by atoms with Crippen molar-refractivity contribution in [2.75, 3.05) is 36.4 Å². The maximum absolute atomic E-state index is 12.3. The molecule has 8 heteroatoms. The standard InChI is InChI=1S/C21H24N4O3S/c26-19-6-2-10-25(19)17-5-1-4-16(12-17)23-21(28)20(27)22-13-18(24-8-3-9-24)15-7-11-29-14-15/h1,4-5,7,11-12,14,18H,2-3,6,8-10,13H2,(H,22,27)(H,23,28)/t18-/m0/s1. The largest absolute Gasteiger partial charge is 0.346 e. The van der Waals surface area contributed by atoms with Gasteiger partial charge in [-0.3, -0.25) is 19.3 Å². The molecule has 0 radical (unpaired) electrons. The first-order chi connectivity index (χ1) is 14.1. The van der Waals surface area contributed by atoms with E-state index in [1.807, 2.05) is 11.4 Å². The molecule has 3 amide bonds. The number of likely N-dealkylation sites (tertiary alicyclic amines) is 1. The van der Waals surface area contributed by atoms with Gasteiger partial charge in [0.25, 0.3) is 0 Å². The smallest absolute Gasteiger partial charge is 0.313 e. The zero-order valence-corrected chi connectivity index (χ0v) is 16.9. The summed E-state index contributed by atoms with van der Waals surface area (Å²) < 4.78 is 0. The van der Waals surface area contributed by atoms with Gasteiger partial charge in [-0.15, -0.1) is 0 Å². The molecule has 2 aliphatic rings. The zero-order valence-electron chi connectivity index (χ0n) is 16.1. The predicted octanol–water partition coefficient (Wildman–Crippen LogP) is 2.38. The van der Waals surface area contributed by atoms with Crippen LogP contribution in [0, 0.1) is 0 Å². The number of hydrogen-bond donors (Lipinski definition) is 2. The molecular weight excluding hydrogens is 388 g/mol. The lowest BCUT2D eigenvalue weighted by atomic mass is 10.0. The highest BCUT2D eigenvalue weighted by Crippen LogP contribution is 2.27. The van der Waals surface area contributed by atoms with Crippen molar-refractivity contribution >= 4 is 40.4 Å². The van der Waals surface area contributed by atoms with Crippen LogP contribution in [0.3, 0.4) is 0 Å². The molecule has 1 atom stereocenters. The second-order valence-corrected chi connectivity index (χ2v) is 8.11. The summed E-state index contributed by atoms with van der Waals surface area (Å²) in [6.07, 6.45) is 2.53. The Labute approximate surface area is 173 Å². The van der Waals surface area contributed by atoms with E-state index >= 15 is 0 Å². The van der Waals surface area contributed by atoms with Gasteiger partial charge in [-0.1, -0.05) is 6.07 Å². The molecule has 0 aliphatic carbocycles. The van der Waals surface area contributed by atoms with Crippen LogP contribution in [-0.4, -0.2) is 48.8 Å². The van der Waals surface area contributed by atoms with E-state index in [0.717, 1.165) is 31.6 Å². The van der Waals surface area contributed by atoms with Gasteiger partial charge in [-0.2, -0.15) is 11.3 Å². The van der Waals surface area contributed by atoms with Crippen molar-refractivity contribution in [1.82, 2.24) is 10.2 Å². The molecule has 2 aliphatic heterocycles. The summed E-state index contributed by atoms with van der Waals surface area (Å²) in [5.41, 5.74) is 2.40. The van der Waals surface area contributed by atoms with Crippen molar-refractivity contribution in [3.05, 3.63) is 46.7 Å². The molecule has 2 saturated heterocycles. The summed E-state index contributed by atoms with van der Waals surface area (Å²) in [6.45, 7) is 3.08. The minimum atomic E-state index is -0.706. The molecule has 4 rings (SSSR count). The molecule has 2 fully saturated rings. The van der Waals surface area contributed by atoms with E-state index in [2.05, 4.69) is 27.0 Å². The predicted molar refractivity (Wildman–Crippen MR) is 113 cm³/mol. The summed E-state index contributed by atoms with van der Waals surface area (Å²) in [7, 11) is 0.